The number of benzene rings is 1. The SMILES string of the molecule is NS(=O)(=O)c1cc(C(O)CO)ccc1NC(=O)C(=O)O. The number of anilines is 1. The van der Waals surface area contributed by atoms with E-state index in [-0.39, 0.29) is 11.3 Å². The van der Waals surface area contributed by atoms with E-state index in [1.54, 1.807) is 0 Å². The van der Waals surface area contributed by atoms with Crippen molar-refractivity contribution in [2.75, 3.05) is 11.9 Å². The Hall–Kier alpha value is -2.01. The number of aliphatic hydroxyl groups is 2. The minimum absolute atomic E-state index is 0.0462. The molecule has 1 atom stereocenters. The largest absolute Gasteiger partial charge is 0.474 e. The van der Waals surface area contributed by atoms with Gasteiger partial charge >= 0.3 is 11.9 Å². The Morgan fingerprint density at radius 2 is 1.95 bits per heavy atom. The number of amides is 1. The van der Waals surface area contributed by atoms with E-state index in [1.807, 2.05) is 5.32 Å². The van der Waals surface area contributed by atoms with Crippen LogP contribution in [0.25, 0.3) is 0 Å². The molecule has 20 heavy (non-hydrogen) atoms. The fourth-order valence-electron chi connectivity index (χ4n) is 1.37. The third-order valence-corrected chi connectivity index (χ3v) is 3.26. The minimum atomic E-state index is -4.27. The first kappa shape index (κ1) is 16.0. The number of nitrogens with one attached hydrogen (secondary N) is 1. The number of primary sulfonamides is 1. The van der Waals surface area contributed by atoms with E-state index in [9.17, 15) is 23.1 Å². The smallest absolute Gasteiger partial charge is 0.394 e. The highest BCUT2D eigenvalue weighted by atomic mass is 32.2. The van der Waals surface area contributed by atoms with Gasteiger partial charge in [0.25, 0.3) is 0 Å². The van der Waals surface area contributed by atoms with E-state index in [0.29, 0.717) is 0 Å². The molecule has 10 heteroatoms. The molecular weight excluding hydrogens is 292 g/mol. The van der Waals surface area contributed by atoms with Crippen molar-refractivity contribution < 1.29 is 33.3 Å². The molecule has 0 saturated heterocycles. The second-order valence-electron chi connectivity index (χ2n) is 3.76. The van der Waals surface area contributed by atoms with Crippen LogP contribution in [-0.2, 0) is 19.6 Å². The molecule has 0 bridgehead atoms. The van der Waals surface area contributed by atoms with Gasteiger partial charge in [0.1, 0.15) is 11.0 Å². The summed E-state index contributed by atoms with van der Waals surface area (Å²) in [5.74, 6) is -3.24. The summed E-state index contributed by atoms with van der Waals surface area (Å²) < 4.78 is 22.8. The molecule has 0 spiro atoms. The van der Waals surface area contributed by atoms with Crippen LogP contribution in [0.5, 0.6) is 0 Å². The normalized spacial score (nSPS) is 12.8. The second kappa shape index (κ2) is 5.96. The number of sulfonamides is 1. The van der Waals surface area contributed by atoms with Crippen LogP contribution < -0.4 is 10.5 Å². The predicted octanol–water partition coefficient (Wildman–Crippen LogP) is -1.62. The molecule has 6 N–H and O–H groups in total. The average Bonchev–Trinajstić information content (AvgIpc) is 2.36. The number of carbonyl (C=O) groups excluding carboxylic acids is 1. The molecule has 1 amide bonds. The summed E-state index contributed by atoms with van der Waals surface area (Å²) in [6, 6.07) is 3.22. The molecule has 1 unspecified atom stereocenters. The molecule has 1 aromatic rings. The molecule has 0 heterocycles. The summed E-state index contributed by atoms with van der Waals surface area (Å²) >= 11 is 0. The highest BCUT2D eigenvalue weighted by Gasteiger charge is 2.20. The molecule has 0 aliphatic rings. The number of hydrogen-bond acceptors (Lipinski definition) is 6. The molecule has 0 fully saturated rings. The summed E-state index contributed by atoms with van der Waals surface area (Å²) in [6.07, 6.45) is -1.33. The predicted molar refractivity (Wildman–Crippen MR) is 66.1 cm³/mol. The van der Waals surface area contributed by atoms with E-state index < -0.39 is 39.5 Å². The van der Waals surface area contributed by atoms with Gasteiger partial charge in [0, 0.05) is 0 Å². The Morgan fingerprint density at radius 1 is 1.35 bits per heavy atom. The Labute approximate surface area is 113 Å². The summed E-state index contributed by atoms with van der Waals surface area (Å²) in [4.78, 5) is 20.9. The lowest BCUT2D eigenvalue weighted by Crippen LogP contribution is -2.24. The quantitative estimate of drug-likeness (QED) is 0.417. The van der Waals surface area contributed by atoms with Gasteiger partial charge in [-0.15, -0.1) is 0 Å². The maximum absolute atomic E-state index is 11.4. The van der Waals surface area contributed by atoms with Crippen molar-refractivity contribution in [1.29, 1.82) is 0 Å². The van der Waals surface area contributed by atoms with Gasteiger partial charge in [0.15, 0.2) is 0 Å². The lowest BCUT2D eigenvalue weighted by atomic mass is 10.1. The Bertz CT molecular complexity index is 641. The lowest BCUT2D eigenvalue weighted by molar-refractivity contribution is -0.147. The zero-order valence-corrected chi connectivity index (χ0v) is 10.8. The lowest BCUT2D eigenvalue weighted by Gasteiger charge is -2.13. The van der Waals surface area contributed by atoms with Crippen LogP contribution in [0.1, 0.15) is 11.7 Å². The van der Waals surface area contributed by atoms with Gasteiger partial charge in [0.2, 0.25) is 10.0 Å². The van der Waals surface area contributed by atoms with Gasteiger partial charge in [-0.3, -0.25) is 4.79 Å². The third kappa shape index (κ3) is 3.74. The maximum Gasteiger partial charge on any atom is 0.394 e. The van der Waals surface area contributed by atoms with E-state index in [2.05, 4.69) is 0 Å². The van der Waals surface area contributed by atoms with Crippen LogP contribution in [0.2, 0.25) is 0 Å². The molecule has 9 nitrogen and oxygen atoms in total. The Balaban J connectivity index is 3.32. The number of aliphatic hydroxyl groups excluding tert-OH is 2. The van der Waals surface area contributed by atoms with Crippen LogP contribution in [-0.4, -0.2) is 42.2 Å². The second-order valence-corrected chi connectivity index (χ2v) is 5.29. The highest BCUT2D eigenvalue weighted by molar-refractivity contribution is 7.89. The van der Waals surface area contributed by atoms with E-state index in [4.69, 9.17) is 15.4 Å². The summed E-state index contributed by atoms with van der Waals surface area (Å²) in [5.41, 5.74) is -0.293. The van der Waals surface area contributed by atoms with Crippen molar-refractivity contribution in [3.63, 3.8) is 0 Å². The standard InChI is InChI=1S/C10H12N2O7S/c11-20(18,19)8-3-5(7(14)4-13)1-2-6(8)12-9(15)10(16)17/h1-3,7,13-14H,4H2,(H,12,15)(H,16,17)(H2,11,18,19). The van der Waals surface area contributed by atoms with Crippen LogP contribution in [0, 0.1) is 0 Å². The number of carboxylic acid groups (broad SMARTS) is 1. The van der Waals surface area contributed by atoms with Gasteiger partial charge in [-0.1, -0.05) is 6.07 Å². The fraction of sp³-hybridized carbons (Fsp3) is 0.200. The van der Waals surface area contributed by atoms with Crippen LogP contribution in [0.15, 0.2) is 23.1 Å². The maximum atomic E-state index is 11.4. The van der Waals surface area contributed by atoms with Gasteiger partial charge in [-0.05, 0) is 17.7 Å². The van der Waals surface area contributed by atoms with Crippen molar-refractivity contribution in [3.05, 3.63) is 23.8 Å². The van der Waals surface area contributed by atoms with Gasteiger partial charge in [-0.2, -0.15) is 0 Å². The van der Waals surface area contributed by atoms with Crippen molar-refractivity contribution in [2.24, 2.45) is 5.14 Å². The van der Waals surface area contributed by atoms with Gasteiger partial charge in [-0.25, -0.2) is 18.4 Å². The summed E-state index contributed by atoms with van der Waals surface area (Å²) in [5, 5.41) is 33.5. The van der Waals surface area contributed by atoms with E-state index >= 15 is 0 Å². The zero-order valence-electron chi connectivity index (χ0n) is 9.98. The first-order valence-corrected chi connectivity index (χ1v) is 6.71. The van der Waals surface area contributed by atoms with E-state index in [1.165, 1.54) is 6.07 Å². The monoisotopic (exact) mass is 304 g/mol. The molecule has 0 radical (unpaired) electrons. The molecule has 0 aliphatic heterocycles. The topological polar surface area (TPSA) is 167 Å². The molecule has 1 aromatic carbocycles. The highest BCUT2D eigenvalue weighted by Crippen LogP contribution is 2.24. The van der Waals surface area contributed by atoms with Crippen molar-refractivity contribution in [2.45, 2.75) is 11.0 Å². The molecule has 110 valence electrons. The molecular formula is C10H12N2O7S. The van der Waals surface area contributed by atoms with Crippen molar-refractivity contribution in [1.82, 2.24) is 0 Å². The number of nitrogens with two attached hydrogens (primary N) is 1. The van der Waals surface area contributed by atoms with Crippen LogP contribution in [0.3, 0.4) is 0 Å². The molecule has 0 aromatic heterocycles. The number of rotatable bonds is 4. The minimum Gasteiger partial charge on any atom is -0.474 e. The number of carbonyl (C=O) groups is 2. The van der Waals surface area contributed by atoms with Crippen molar-refractivity contribution >= 4 is 27.6 Å². The van der Waals surface area contributed by atoms with Crippen LogP contribution >= 0.6 is 0 Å². The first-order valence-electron chi connectivity index (χ1n) is 5.16. The summed E-state index contributed by atoms with van der Waals surface area (Å²) in [7, 11) is -4.27. The Morgan fingerprint density at radius 3 is 2.40 bits per heavy atom. The third-order valence-electron chi connectivity index (χ3n) is 2.31. The molecule has 1 rings (SSSR count). The van der Waals surface area contributed by atoms with Crippen LogP contribution in [0.4, 0.5) is 5.69 Å². The first-order chi connectivity index (χ1) is 9.16. The molecule has 0 saturated carbocycles. The summed E-state index contributed by atoms with van der Waals surface area (Å²) in [6.45, 7) is -0.648. The fourth-order valence-corrected chi connectivity index (χ4v) is 2.09. The zero-order chi connectivity index (χ0) is 15.5. The Kier molecular flexibility index (Phi) is 4.78. The number of carboxylic acids is 1. The van der Waals surface area contributed by atoms with Gasteiger partial charge < -0.3 is 20.6 Å². The van der Waals surface area contributed by atoms with Crippen molar-refractivity contribution in [3.8, 4) is 0 Å². The average molecular weight is 304 g/mol. The van der Waals surface area contributed by atoms with Gasteiger partial charge in [0.05, 0.1) is 12.3 Å². The number of hydrogen-bond donors (Lipinski definition) is 5. The van der Waals surface area contributed by atoms with E-state index in [0.717, 1.165) is 12.1 Å². The number of aliphatic carboxylic acids is 1. The molecule has 0 aliphatic carbocycles.